The number of halogens is 2. The summed E-state index contributed by atoms with van der Waals surface area (Å²) < 4.78 is 14.3. The summed E-state index contributed by atoms with van der Waals surface area (Å²) in [6.45, 7) is 4.16. The second-order valence-electron chi connectivity index (χ2n) is 4.45. The van der Waals surface area contributed by atoms with E-state index in [1.807, 2.05) is 13.8 Å². The molecule has 0 saturated carbocycles. The van der Waals surface area contributed by atoms with Gasteiger partial charge in [0.25, 0.3) is 0 Å². The van der Waals surface area contributed by atoms with Gasteiger partial charge in [0, 0.05) is 18.1 Å². The Morgan fingerprint density at radius 2 is 2.12 bits per heavy atom. The van der Waals surface area contributed by atoms with Gasteiger partial charge in [-0.25, -0.2) is 4.39 Å². The molecular weight excluding hydrogens is 271 g/mol. The van der Waals surface area contributed by atoms with Crippen molar-refractivity contribution >= 4 is 21.6 Å². The summed E-state index contributed by atoms with van der Waals surface area (Å²) >= 11 is 3.21. The lowest BCUT2D eigenvalue weighted by molar-refractivity contribution is 0.493. The summed E-state index contributed by atoms with van der Waals surface area (Å²) in [6.07, 6.45) is 0. The van der Waals surface area contributed by atoms with E-state index in [0.717, 1.165) is 0 Å². The van der Waals surface area contributed by atoms with Crippen molar-refractivity contribution in [3.8, 4) is 6.07 Å². The van der Waals surface area contributed by atoms with Crippen LogP contribution in [0, 0.1) is 22.6 Å². The number of benzene rings is 1. The van der Waals surface area contributed by atoms with Gasteiger partial charge in [0.2, 0.25) is 0 Å². The Balaban J connectivity index is 2.90. The van der Waals surface area contributed by atoms with Gasteiger partial charge in [-0.3, -0.25) is 0 Å². The number of hydrogen-bond acceptors (Lipinski definition) is 2. The van der Waals surface area contributed by atoms with Crippen molar-refractivity contribution < 1.29 is 4.39 Å². The maximum atomic E-state index is 13.6. The Kier molecular flexibility index (Phi) is 3.93. The third-order valence-corrected chi connectivity index (χ3v) is 2.75. The van der Waals surface area contributed by atoms with Crippen molar-refractivity contribution in [2.75, 3.05) is 18.5 Å². The number of nitriles is 1. The highest BCUT2D eigenvalue weighted by Gasteiger charge is 2.20. The first-order chi connectivity index (χ1) is 7.35. The molecule has 0 amide bonds. The van der Waals surface area contributed by atoms with Gasteiger partial charge >= 0.3 is 0 Å². The predicted molar refractivity (Wildman–Crippen MR) is 66.8 cm³/mol. The van der Waals surface area contributed by atoms with E-state index in [1.165, 1.54) is 6.07 Å². The molecule has 0 unspecified atom stereocenters. The minimum Gasteiger partial charge on any atom is -0.371 e. The molecule has 2 nitrogen and oxygen atoms in total. The average Bonchev–Trinajstić information content (AvgIpc) is 2.16. The van der Waals surface area contributed by atoms with Crippen LogP contribution in [0.15, 0.2) is 22.7 Å². The zero-order chi connectivity index (χ0) is 12.3. The summed E-state index contributed by atoms with van der Waals surface area (Å²) in [6, 6.07) is 7.11. The zero-order valence-corrected chi connectivity index (χ0v) is 11.2. The Labute approximate surface area is 104 Å². The van der Waals surface area contributed by atoms with E-state index >= 15 is 0 Å². The van der Waals surface area contributed by atoms with Crippen LogP contribution in [0.3, 0.4) is 0 Å². The number of nitrogens with zero attached hydrogens (tertiary/aromatic N) is 2. The van der Waals surface area contributed by atoms with E-state index in [0.29, 0.717) is 16.7 Å². The molecule has 86 valence electrons. The molecule has 0 aliphatic heterocycles. The normalized spacial score (nSPS) is 11.0. The minimum absolute atomic E-state index is 0.286. The lowest BCUT2D eigenvalue weighted by atomic mass is 9.95. The molecule has 0 spiro atoms. The van der Waals surface area contributed by atoms with Crippen LogP contribution >= 0.6 is 15.9 Å². The van der Waals surface area contributed by atoms with Gasteiger partial charge in [-0.1, -0.05) is 15.9 Å². The van der Waals surface area contributed by atoms with E-state index in [1.54, 1.807) is 24.1 Å². The average molecular weight is 285 g/mol. The van der Waals surface area contributed by atoms with Crippen LogP contribution in [-0.4, -0.2) is 13.6 Å². The highest BCUT2D eigenvalue weighted by Crippen LogP contribution is 2.25. The molecule has 0 aliphatic carbocycles. The van der Waals surface area contributed by atoms with E-state index in [2.05, 4.69) is 22.0 Å². The molecule has 1 rings (SSSR count). The third kappa shape index (κ3) is 3.21. The third-order valence-electron chi connectivity index (χ3n) is 2.26. The molecule has 0 radical (unpaired) electrons. The molecule has 1 aromatic carbocycles. The molecule has 0 aliphatic rings. The quantitative estimate of drug-likeness (QED) is 0.848. The van der Waals surface area contributed by atoms with Gasteiger partial charge < -0.3 is 4.90 Å². The van der Waals surface area contributed by atoms with E-state index < -0.39 is 5.41 Å². The predicted octanol–water partition coefficient (Wildman–Crippen LogP) is 3.57. The molecule has 0 bridgehead atoms. The van der Waals surface area contributed by atoms with E-state index in [-0.39, 0.29) is 5.82 Å². The van der Waals surface area contributed by atoms with Gasteiger partial charge in [0.15, 0.2) is 0 Å². The van der Waals surface area contributed by atoms with Crippen molar-refractivity contribution in [3.63, 3.8) is 0 Å². The van der Waals surface area contributed by atoms with Crippen LogP contribution in [-0.2, 0) is 0 Å². The Bertz CT molecular complexity index is 424. The summed E-state index contributed by atoms with van der Waals surface area (Å²) in [5.74, 6) is -0.286. The maximum Gasteiger partial charge on any atom is 0.147 e. The first kappa shape index (κ1) is 13.0. The first-order valence-corrected chi connectivity index (χ1v) is 5.72. The summed E-state index contributed by atoms with van der Waals surface area (Å²) in [4.78, 5) is 1.75. The monoisotopic (exact) mass is 284 g/mol. The largest absolute Gasteiger partial charge is 0.371 e. The van der Waals surface area contributed by atoms with Gasteiger partial charge in [-0.2, -0.15) is 5.26 Å². The number of hydrogen-bond donors (Lipinski definition) is 0. The highest BCUT2D eigenvalue weighted by atomic mass is 79.9. The Morgan fingerprint density at radius 1 is 1.50 bits per heavy atom. The number of anilines is 1. The second kappa shape index (κ2) is 4.84. The Hall–Kier alpha value is -1.08. The van der Waals surface area contributed by atoms with Crippen LogP contribution in [0.25, 0.3) is 0 Å². The van der Waals surface area contributed by atoms with Crippen LogP contribution < -0.4 is 4.90 Å². The van der Waals surface area contributed by atoms with Crippen molar-refractivity contribution in [2.24, 2.45) is 5.41 Å². The maximum absolute atomic E-state index is 13.6. The van der Waals surface area contributed by atoms with Crippen LogP contribution in [0.2, 0.25) is 0 Å². The molecule has 0 saturated heterocycles. The topological polar surface area (TPSA) is 27.0 Å². The molecular formula is C12H14BrFN2. The number of rotatable bonds is 3. The summed E-state index contributed by atoms with van der Waals surface area (Å²) in [5, 5.41) is 8.93. The minimum atomic E-state index is -0.492. The fraction of sp³-hybridized carbons (Fsp3) is 0.417. The molecule has 1 aromatic rings. The molecule has 16 heavy (non-hydrogen) atoms. The van der Waals surface area contributed by atoms with Gasteiger partial charge in [0.1, 0.15) is 5.82 Å². The van der Waals surface area contributed by atoms with Gasteiger partial charge in [-0.15, -0.1) is 0 Å². The zero-order valence-electron chi connectivity index (χ0n) is 9.59. The molecule has 0 atom stereocenters. The highest BCUT2D eigenvalue weighted by molar-refractivity contribution is 9.10. The lowest BCUT2D eigenvalue weighted by Gasteiger charge is -2.26. The van der Waals surface area contributed by atoms with E-state index in [4.69, 9.17) is 5.26 Å². The van der Waals surface area contributed by atoms with Crippen LogP contribution in [0.4, 0.5) is 10.1 Å². The fourth-order valence-electron chi connectivity index (χ4n) is 1.50. The van der Waals surface area contributed by atoms with E-state index in [9.17, 15) is 4.39 Å². The fourth-order valence-corrected chi connectivity index (χ4v) is 1.84. The lowest BCUT2D eigenvalue weighted by Crippen LogP contribution is -2.30. The SMILES string of the molecule is CN(CC(C)(C)C#N)c1ccc(Br)cc1F. The summed E-state index contributed by atoms with van der Waals surface area (Å²) in [5.41, 5.74) is 0.0142. The standard InChI is InChI=1S/C12H14BrFN2/c1-12(2,7-15)8-16(3)11-5-4-9(13)6-10(11)14/h4-6H,8H2,1-3H3. The first-order valence-electron chi connectivity index (χ1n) is 4.93. The molecule has 0 heterocycles. The molecule has 0 aromatic heterocycles. The smallest absolute Gasteiger partial charge is 0.147 e. The molecule has 0 N–H and O–H groups in total. The Morgan fingerprint density at radius 3 is 2.62 bits per heavy atom. The van der Waals surface area contributed by atoms with Crippen molar-refractivity contribution in [1.82, 2.24) is 0 Å². The van der Waals surface area contributed by atoms with Gasteiger partial charge in [-0.05, 0) is 32.0 Å². The van der Waals surface area contributed by atoms with Crippen molar-refractivity contribution in [2.45, 2.75) is 13.8 Å². The molecule has 4 heteroatoms. The van der Waals surface area contributed by atoms with Crippen molar-refractivity contribution in [1.29, 1.82) is 5.26 Å². The van der Waals surface area contributed by atoms with Crippen molar-refractivity contribution in [3.05, 3.63) is 28.5 Å². The molecule has 0 fully saturated rings. The van der Waals surface area contributed by atoms with Crippen LogP contribution in [0.1, 0.15) is 13.8 Å². The second-order valence-corrected chi connectivity index (χ2v) is 5.36. The summed E-state index contributed by atoms with van der Waals surface area (Å²) in [7, 11) is 1.78. The van der Waals surface area contributed by atoms with Crippen LogP contribution in [0.5, 0.6) is 0 Å². The van der Waals surface area contributed by atoms with Gasteiger partial charge in [0.05, 0.1) is 17.2 Å².